The van der Waals surface area contributed by atoms with Crippen LogP contribution in [0, 0.1) is 0 Å². The van der Waals surface area contributed by atoms with Crippen molar-refractivity contribution in [3.05, 3.63) is 58.7 Å². The molecule has 1 heterocycles. The van der Waals surface area contributed by atoms with Gasteiger partial charge < -0.3 is 10.6 Å². The number of amides is 1. The highest BCUT2D eigenvalue weighted by atomic mass is 35.5. The van der Waals surface area contributed by atoms with E-state index in [-0.39, 0.29) is 11.9 Å². The minimum Gasteiger partial charge on any atom is -0.372 e. The molecule has 2 atom stereocenters. The number of pyridine rings is 1. The normalized spacial score (nSPS) is 19.9. The van der Waals surface area contributed by atoms with Gasteiger partial charge in [0.15, 0.2) is 0 Å². The highest BCUT2D eigenvalue weighted by Crippen LogP contribution is 2.40. The summed E-state index contributed by atoms with van der Waals surface area (Å²) in [5.41, 5.74) is 1.75. The van der Waals surface area contributed by atoms with Gasteiger partial charge >= 0.3 is 0 Å². The lowest BCUT2D eigenvalue weighted by Crippen LogP contribution is -2.26. The van der Waals surface area contributed by atoms with Crippen LogP contribution in [-0.4, -0.2) is 24.0 Å². The maximum absolute atomic E-state index is 12.2. The molecule has 0 spiro atoms. The number of rotatable bonds is 4. The van der Waals surface area contributed by atoms with Crippen molar-refractivity contribution < 1.29 is 4.79 Å². The third kappa shape index (κ3) is 3.00. The van der Waals surface area contributed by atoms with Crippen molar-refractivity contribution in [3.8, 4) is 0 Å². The van der Waals surface area contributed by atoms with Gasteiger partial charge in [0.25, 0.3) is 5.91 Å². The van der Waals surface area contributed by atoms with E-state index in [2.05, 4.69) is 27.8 Å². The van der Waals surface area contributed by atoms with E-state index in [0.717, 1.165) is 6.42 Å². The number of nitrogens with one attached hydrogen (secondary N) is 2. The topological polar surface area (TPSA) is 54.0 Å². The molecule has 0 saturated heterocycles. The summed E-state index contributed by atoms with van der Waals surface area (Å²) in [7, 11) is 1.74. The second kappa shape index (κ2) is 5.74. The molecule has 0 aliphatic heterocycles. The standard InChI is InChI=1S/C16H16ClN3O/c1-18-15-13(17)7-11(9-19-15)16(21)20-14-8-12(14)10-5-3-2-4-6-10/h2-7,9,12,14H,8H2,1H3,(H,18,19)(H,20,21). The van der Waals surface area contributed by atoms with Crippen LogP contribution in [0.3, 0.4) is 0 Å². The minimum atomic E-state index is -0.129. The monoisotopic (exact) mass is 301 g/mol. The molecule has 1 saturated carbocycles. The Labute approximate surface area is 128 Å². The van der Waals surface area contributed by atoms with E-state index in [1.165, 1.54) is 11.8 Å². The number of carbonyl (C=O) groups excluding carboxylic acids is 1. The van der Waals surface area contributed by atoms with Gasteiger partial charge in [0.05, 0.1) is 10.6 Å². The number of nitrogens with zero attached hydrogens (tertiary/aromatic N) is 1. The minimum absolute atomic E-state index is 0.129. The third-order valence-corrected chi connectivity index (χ3v) is 3.96. The summed E-state index contributed by atoms with van der Waals surface area (Å²) < 4.78 is 0. The Morgan fingerprint density at radius 2 is 2.10 bits per heavy atom. The van der Waals surface area contributed by atoms with E-state index in [0.29, 0.717) is 22.3 Å². The quantitative estimate of drug-likeness (QED) is 0.912. The molecule has 0 bridgehead atoms. The molecule has 108 valence electrons. The van der Waals surface area contributed by atoms with Gasteiger partial charge in [-0.2, -0.15) is 0 Å². The van der Waals surface area contributed by atoms with Crippen molar-refractivity contribution in [2.45, 2.75) is 18.4 Å². The molecule has 2 N–H and O–H groups in total. The Bertz CT molecular complexity index is 660. The number of aromatic nitrogens is 1. The van der Waals surface area contributed by atoms with Crippen molar-refractivity contribution in [1.82, 2.24) is 10.3 Å². The Morgan fingerprint density at radius 1 is 1.33 bits per heavy atom. The van der Waals surface area contributed by atoms with Gasteiger partial charge in [0.1, 0.15) is 5.82 Å². The van der Waals surface area contributed by atoms with Crippen LogP contribution in [0.15, 0.2) is 42.6 Å². The first kappa shape index (κ1) is 13.9. The largest absolute Gasteiger partial charge is 0.372 e. The summed E-state index contributed by atoms with van der Waals surface area (Å²) in [6, 6.07) is 12.1. The molecule has 1 aromatic heterocycles. The van der Waals surface area contributed by atoms with Gasteiger partial charge in [-0.3, -0.25) is 4.79 Å². The predicted octanol–water partition coefficient (Wildman–Crippen LogP) is 3.06. The number of hydrogen-bond donors (Lipinski definition) is 2. The molecule has 2 aromatic rings. The molecule has 1 aliphatic carbocycles. The first-order chi connectivity index (χ1) is 10.2. The van der Waals surface area contributed by atoms with Gasteiger partial charge in [0.2, 0.25) is 0 Å². The maximum atomic E-state index is 12.2. The number of carbonyl (C=O) groups is 1. The van der Waals surface area contributed by atoms with Crippen LogP contribution in [0.5, 0.6) is 0 Å². The lowest BCUT2D eigenvalue weighted by atomic mass is 10.1. The Kier molecular flexibility index (Phi) is 3.80. The molecular formula is C16H16ClN3O. The second-order valence-electron chi connectivity index (χ2n) is 5.14. The fourth-order valence-corrected chi connectivity index (χ4v) is 2.68. The molecule has 4 nitrogen and oxygen atoms in total. The molecule has 5 heteroatoms. The van der Waals surface area contributed by atoms with E-state index < -0.39 is 0 Å². The van der Waals surface area contributed by atoms with Gasteiger partial charge in [0, 0.05) is 25.2 Å². The maximum Gasteiger partial charge on any atom is 0.253 e. The van der Waals surface area contributed by atoms with Crippen molar-refractivity contribution >= 4 is 23.3 Å². The fraction of sp³-hybridized carbons (Fsp3) is 0.250. The number of hydrogen-bond acceptors (Lipinski definition) is 3. The third-order valence-electron chi connectivity index (χ3n) is 3.67. The molecule has 2 unspecified atom stereocenters. The van der Waals surface area contributed by atoms with Crippen LogP contribution >= 0.6 is 11.6 Å². The SMILES string of the molecule is CNc1ncc(C(=O)NC2CC2c2ccccc2)cc1Cl. The summed E-state index contributed by atoms with van der Waals surface area (Å²) in [4.78, 5) is 16.3. The van der Waals surface area contributed by atoms with Crippen molar-refractivity contribution in [2.24, 2.45) is 0 Å². The summed E-state index contributed by atoms with van der Waals surface area (Å²) in [6.45, 7) is 0. The van der Waals surface area contributed by atoms with Gasteiger partial charge in [-0.1, -0.05) is 41.9 Å². The number of halogens is 1. The molecule has 1 aromatic carbocycles. The Morgan fingerprint density at radius 3 is 2.76 bits per heavy atom. The molecule has 1 amide bonds. The van der Waals surface area contributed by atoms with Crippen LogP contribution in [0.4, 0.5) is 5.82 Å². The van der Waals surface area contributed by atoms with Crippen LogP contribution in [0.1, 0.15) is 28.3 Å². The highest BCUT2D eigenvalue weighted by Gasteiger charge is 2.39. The van der Waals surface area contributed by atoms with Crippen LogP contribution in [0.25, 0.3) is 0 Å². The lowest BCUT2D eigenvalue weighted by Gasteiger charge is -2.07. The summed E-state index contributed by atoms with van der Waals surface area (Å²) in [5.74, 6) is 0.854. The molecule has 1 fully saturated rings. The molecule has 0 radical (unpaired) electrons. The van der Waals surface area contributed by atoms with Crippen LogP contribution < -0.4 is 10.6 Å². The molecule has 1 aliphatic rings. The molecule has 3 rings (SSSR count). The summed E-state index contributed by atoms with van der Waals surface area (Å²) in [6.07, 6.45) is 2.51. The van der Waals surface area contributed by atoms with Gasteiger partial charge in [-0.05, 0) is 18.1 Å². The highest BCUT2D eigenvalue weighted by molar-refractivity contribution is 6.33. The van der Waals surface area contributed by atoms with Gasteiger partial charge in [-0.25, -0.2) is 4.98 Å². The Hall–Kier alpha value is -2.07. The van der Waals surface area contributed by atoms with Crippen molar-refractivity contribution in [3.63, 3.8) is 0 Å². The average molecular weight is 302 g/mol. The van der Waals surface area contributed by atoms with E-state index in [1.807, 2.05) is 18.2 Å². The molecule has 21 heavy (non-hydrogen) atoms. The fourth-order valence-electron chi connectivity index (χ4n) is 2.42. The summed E-state index contributed by atoms with van der Waals surface area (Å²) in [5, 5.41) is 6.34. The number of anilines is 1. The van der Waals surface area contributed by atoms with Crippen LogP contribution in [0.2, 0.25) is 5.02 Å². The van der Waals surface area contributed by atoms with E-state index in [1.54, 1.807) is 13.1 Å². The lowest BCUT2D eigenvalue weighted by molar-refractivity contribution is 0.0950. The zero-order chi connectivity index (χ0) is 14.8. The second-order valence-corrected chi connectivity index (χ2v) is 5.54. The average Bonchev–Trinajstić information content (AvgIpc) is 3.27. The number of benzene rings is 1. The summed E-state index contributed by atoms with van der Waals surface area (Å²) >= 11 is 6.05. The van der Waals surface area contributed by atoms with Crippen LogP contribution in [-0.2, 0) is 0 Å². The molecular weight excluding hydrogens is 286 g/mol. The first-order valence-corrected chi connectivity index (χ1v) is 7.26. The first-order valence-electron chi connectivity index (χ1n) is 6.88. The van der Waals surface area contributed by atoms with Gasteiger partial charge in [-0.15, -0.1) is 0 Å². The zero-order valence-electron chi connectivity index (χ0n) is 11.6. The van der Waals surface area contributed by atoms with E-state index in [9.17, 15) is 4.79 Å². The van der Waals surface area contributed by atoms with E-state index >= 15 is 0 Å². The van der Waals surface area contributed by atoms with Crippen molar-refractivity contribution in [1.29, 1.82) is 0 Å². The smallest absolute Gasteiger partial charge is 0.253 e. The van der Waals surface area contributed by atoms with Crippen molar-refractivity contribution in [2.75, 3.05) is 12.4 Å². The zero-order valence-corrected chi connectivity index (χ0v) is 12.4. The Balaban J connectivity index is 1.64. The predicted molar refractivity (Wildman–Crippen MR) is 83.8 cm³/mol. The van der Waals surface area contributed by atoms with E-state index in [4.69, 9.17) is 11.6 Å².